The van der Waals surface area contributed by atoms with Crippen LogP contribution in [-0.4, -0.2) is 19.8 Å². The number of nitrogens with zero attached hydrogens (tertiary/aromatic N) is 1. The van der Waals surface area contributed by atoms with E-state index in [4.69, 9.17) is 0 Å². The molecule has 0 N–H and O–H groups in total. The second-order valence-corrected chi connectivity index (χ2v) is 3.97. The van der Waals surface area contributed by atoms with Crippen LogP contribution in [0.15, 0.2) is 29.2 Å². The molecule has 0 spiro atoms. The molecule has 1 aromatic carbocycles. The number of nitro benzene ring substituents is 1. The van der Waals surface area contributed by atoms with Crippen molar-refractivity contribution in [3.05, 3.63) is 34.4 Å². The summed E-state index contributed by atoms with van der Waals surface area (Å²) in [6.45, 7) is -0.225. The number of nitro groups is 1. The number of hydrogen-bond acceptors (Lipinski definition) is 6. The maximum absolute atomic E-state index is 11.1. The zero-order valence-electron chi connectivity index (χ0n) is 7.19. The van der Waals surface area contributed by atoms with Crippen LogP contribution in [-0.2, 0) is 19.1 Å². The summed E-state index contributed by atoms with van der Waals surface area (Å²) in [5.41, 5.74) is -0.250. The van der Waals surface area contributed by atoms with Gasteiger partial charge in [0.15, 0.2) is 0 Å². The quantitative estimate of drug-likeness (QED) is 0.322. The third-order valence-corrected chi connectivity index (χ3v) is 2.68. The Morgan fingerprint density at radius 1 is 1.27 bits per heavy atom. The van der Waals surface area contributed by atoms with Gasteiger partial charge in [-0.2, -0.15) is 8.42 Å². The van der Waals surface area contributed by atoms with E-state index >= 15 is 0 Å². The summed E-state index contributed by atoms with van der Waals surface area (Å²) < 4.78 is 26.0. The number of benzene rings is 1. The SMILES string of the molecule is O=COS(=O)(=O)c1ccc([N+](=O)[O-])cc1. The molecular formula is C7H5NO6S. The third kappa shape index (κ3) is 2.50. The molecule has 0 radical (unpaired) electrons. The molecule has 0 unspecified atom stereocenters. The van der Waals surface area contributed by atoms with Crippen molar-refractivity contribution in [3.63, 3.8) is 0 Å². The normalized spacial score (nSPS) is 10.7. The van der Waals surface area contributed by atoms with Crippen molar-refractivity contribution in [2.75, 3.05) is 0 Å². The van der Waals surface area contributed by atoms with Crippen LogP contribution >= 0.6 is 0 Å². The average molecular weight is 231 g/mol. The molecule has 0 aliphatic carbocycles. The second kappa shape index (κ2) is 4.05. The van der Waals surface area contributed by atoms with Gasteiger partial charge in [-0.15, -0.1) is 0 Å². The minimum absolute atomic E-state index is 0.225. The lowest BCUT2D eigenvalue weighted by Gasteiger charge is -1.99. The van der Waals surface area contributed by atoms with Gasteiger partial charge in [-0.25, -0.2) is 0 Å². The summed E-state index contributed by atoms with van der Waals surface area (Å²) in [5.74, 6) is 0. The monoisotopic (exact) mass is 231 g/mol. The molecule has 80 valence electrons. The molecule has 0 saturated heterocycles. The lowest BCUT2D eigenvalue weighted by molar-refractivity contribution is -0.384. The van der Waals surface area contributed by atoms with Gasteiger partial charge in [0.25, 0.3) is 5.69 Å². The molecule has 0 fully saturated rings. The summed E-state index contributed by atoms with van der Waals surface area (Å²) in [7, 11) is -4.14. The maximum atomic E-state index is 11.1. The number of carbonyl (C=O) groups is 1. The third-order valence-electron chi connectivity index (χ3n) is 1.50. The van der Waals surface area contributed by atoms with Gasteiger partial charge in [-0.1, -0.05) is 0 Å². The van der Waals surface area contributed by atoms with Crippen molar-refractivity contribution >= 4 is 22.3 Å². The Kier molecular flexibility index (Phi) is 3.00. The summed E-state index contributed by atoms with van der Waals surface area (Å²) in [5, 5.41) is 10.3. The van der Waals surface area contributed by atoms with Gasteiger partial charge < -0.3 is 4.18 Å². The van der Waals surface area contributed by atoms with E-state index in [0.29, 0.717) is 0 Å². The maximum Gasteiger partial charge on any atom is 0.341 e. The molecule has 7 nitrogen and oxygen atoms in total. The number of carbonyl (C=O) groups excluding carboxylic acids is 1. The molecular weight excluding hydrogens is 226 g/mol. The molecule has 0 amide bonds. The standard InChI is InChI=1S/C7H5NO6S/c9-5-14-15(12,13)7-3-1-6(2-4-7)8(10)11/h1-5H. The Morgan fingerprint density at radius 2 is 1.80 bits per heavy atom. The van der Waals surface area contributed by atoms with Crippen LogP contribution in [0.1, 0.15) is 0 Å². The van der Waals surface area contributed by atoms with E-state index in [1.807, 2.05) is 0 Å². The Hall–Kier alpha value is -1.96. The van der Waals surface area contributed by atoms with E-state index in [-0.39, 0.29) is 17.1 Å². The minimum atomic E-state index is -4.14. The van der Waals surface area contributed by atoms with Gasteiger partial charge in [0.1, 0.15) is 4.90 Å². The highest BCUT2D eigenvalue weighted by molar-refractivity contribution is 7.87. The molecule has 0 heterocycles. The molecule has 1 aromatic rings. The molecule has 0 aromatic heterocycles. The molecule has 15 heavy (non-hydrogen) atoms. The Labute approximate surface area is 84.6 Å². The van der Waals surface area contributed by atoms with Crippen molar-refractivity contribution in [1.29, 1.82) is 0 Å². The van der Waals surface area contributed by atoms with Crippen molar-refractivity contribution in [3.8, 4) is 0 Å². The summed E-state index contributed by atoms with van der Waals surface area (Å²) in [6, 6.07) is 3.97. The summed E-state index contributed by atoms with van der Waals surface area (Å²) in [6.07, 6.45) is 0. The predicted molar refractivity (Wildman–Crippen MR) is 47.4 cm³/mol. The number of rotatable bonds is 4. The molecule has 1 rings (SSSR count). The summed E-state index contributed by atoms with van der Waals surface area (Å²) >= 11 is 0. The fourth-order valence-corrected chi connectivity index (χ4v) is 1.53. The van der Waals surface area contributed by atoms with Crippen LogP contribution in [0.5, 0.6) is 0 Å². The van der Waals surface area contributed by atoms with E-state index in [2.05, 4.69) is 4.18 Å². The van der Waals surface area contributed by atoms with Gasteiger partial charge in [0.05, 0.1) is 4.92 Å². The van der Waals surface area contributed by atoms with Crippen molar-refractivity contribution in [1.82, 2.24) is 0 Å². The Bertz CT molecular complexity index is 477. The highest BCUT2D eigenvalue weighted by Gasteiger charge is 2.16. The van der Waals surface area contributed by atoms with Gasteiger partial charge in [-0.05, 0) is 12.1 Å². The van der Waals surface area contributed by atoms with Gasteiger partial charge >= 0.3 is 16.6 Å². The van der Waals surface area contributed by atoms with E-state index in [1.165, 1.54) is 0 Å². The number of hydrogen-bond donors (Lipinski definition) is 0. The minimum Gasteiger partial charge on any atom is -0.345 e. The Morgan fingerprint density at radius 3 is 2.20 bits per heavy atom. The average Bonchev–Trinajstić information content (AvgIpc) is 2.18. The highest BCUT2D eigenvalue weighted by Crippen LogP contribution is 2.16. The number of non-ortho nitro benzene ring substituents is 1. The van der Waals surface area contributed by atoms with Crippen LogP contribution in [0.3, 0.4) is 0 Å². The zero-order valence-corrected chi connectivity index (χ0v) is 8.01. The first kappa shape index (κ1) is 11.1. The first-order chi connectivity index (χ1) is 6.97. The van der Waals surface area contributed by atoms with Crippen LogP contribution in [0.25, 0.3) is 0 Å². The topological polar surface area (TPSA) is 104 Å². The first-order valence-electron chi connectivity index (χ1n) is 3.59. The van der Waals surface area contributed by atoms with E-state index in [9.17, 15) is 23.3 Å². The van der Waals surface area contributed by atoms with Gasteiger partial charge in [0.2, 0.25) is 0 Å². The van der Waals surface area contributed by atoms with E-state index in [0.717, 1.165) is 24.3 Å². The van der Waals surface area contributed by atoms with Gasteiger partial charge in [-0.3, -0.25) is 14.9 Å². The van der Waals surface area contributed by atoms with Crippen LogP contribution < -0.4 is 0 Å². The highest BCUT2D eigenvalue weighted by atomic mass is 32.2. The largest absolute Gasteiger partial charge is 0.345 e. The Balaban J connectivity index is 3.09. The fraction of sp³-hybridized carbons (Fsp3) is 0. The van der Waals surface area contributed by atoms with Crippen molar-refractivity contribution < 1.29 is 22.3 Å². The van der Waals surface area contributed by atoms with Crippen molar-refractivity contribution in [2.24, 2.45) is 0 Å². The lowest BCUT2D eigenvalue weighted by atomic mass is 10.3. The fourth-order valence-electron chi connectivity index (χ4n) is 0.842. The molecule has 0 bridgehead atoms. The van der Waals surface area contributed by atoms with Crippen LogP contribution in [0, 0.1) is 10.1 Å². The smallest absolute Gasteiger partial charge is 0.341 e. The zero-order chi connectivity index (χ0) is 11.5. The van der Waals surface area contributed by atoms with Gasteiger partial charge in [0, 0.05) is 12.1 Å². The van der Waals surface area contributed by atoms with E-state index in [1.54, 1.807) is 0 Å². The van der Waals surface area contributed by atoms with Crippen LogP contribution in [0.4, 0.5) is 5.69 Å². The lowest BCUT2D eigenvalue weighted by Crippen LogP contribution is -2.04. The molecule has 0 saturated carbocycles. The molecule has 0 aliphatic heterocycles. The second-order valence-electron chi connectivity index (χ2n) is 2.40. The first-order valence-corrected chi connectivity index (χ1v) is 4.99. The van der Waals surface area contributed by atoms with Crippen LogP contribution in [0.2, 0.25) is 0 Å². The predicted octanol–water partition coefficient (Wildman–Crippen LogP) is 0.457. The molecule has 0 atom stereocenters. The molecule has 0 aliphatic rings. The summed E-state index contributed by atoms with van der Waals surface area (Å²) in [4.78, 5) is 19.1. The molecule has 8 heteroatoms. The van der Waals surface area contributed by atoms with E-state index < -0.39 is 15.0 Å². The van der Waals surface area contributed by atoms with Crippen molar-refractivity contribution in [2.45, 2.75) is 4.90 Å².